The number of hydrogen-bond donors (Lipinski definition) is 0. The van der Waals surface area contributed by atoms with E-state index >= 15 is 0 Å². The topological polar surface area (TPSA) is 43.4 Å². The van der Waals surface area contributed by atoms with Crippen LogP contribution in [-0.4, -0.2) is 18.4 Å². The first-order valence-electron chi connectivity index (χ1n) is 7.43. The summed E-state index contributed by atoms with van der Waals surface area (Å²) >= 11 is 0. The van der Waals surface area contributed by atoms with Crippen molar-refractivity contribution in [3.8, 4) is 0 Å². The van der Waals surface area contributed by atoms with E-state index in [2.05, 4.69) is 0 Å². The van der Waals surface area contributed by atoms with Gasteiger partial charge in [-0.25, -0.2) is 0 Å². The van der Waals surface area contributed by atoms with Crippen molar-refractivity contribution in [2.75, 3.05) is 6.61 Å². The molecular formula is C17H22O3. The summed E-state index contributed by atoms with van der Waals surface area (Å²) in [5.74, 6) is -0.389. The highest BCUT2D eigenvalue weighted by Gasteiger charge is 2.41. The van der Waals surface area contributed by atoms with Crippen LogP contribution >= 0.6 is 0 Å². The van der Waals surface area contributed by atoms with E-state index in [1.54, 1.807) is 6.92 Å². The average Bonchev–Trinajstić information content (AvgIpc) is 2.49. The number of ketones is 1. The molecule has 1 saturated carbocycles. The second-order valence-corrected chi connectivity index (χ2v) is 5.41. The van der Waals surface area contributed by atoms with Crippen LogP contribution in [0.3, 0.4) is 0 Å². The largest absolute Gasteiger partial charge is 0.466 e. The fourth-order valence-electron chi connectivity index (χ4n) is 3.15. The lowest BCUT2D eigenvalue weighted by molar-refractivity contribution is -0.147. The zero-order chi connectivity index (χ0) is 14.4. The summed E-state index contributed by atoms with van der Waals surface area (Å²) in [6.07, 6.45) is 4.83. The van der Waals surface area contributed by atoms with Crippen molar-refractivity contribution >= 4 is 11.8 Å². The van der Waals surface area contributed by atoms with E-state index in [-0.39, 0.29) is 12.2 Å². The molecule has 1 aliphatic carbocycles. The summed E-state index contributed by atoms with van der Waals surface area (Å²) in [5, 5.41) is 0. The van der Waals surface area contributed by atoms with Gasteiger partial charge in [-0.05, 0) is 25.3 Å². The highest BCUT2D eigenvalue weighted by molar-refractivity contribution is 6.01. The van der Waals surface area contributed by atoms with Gasteiger partial charge < -0.3 is 4.74 Å². The summed E-state index contributed by atoms with van der Waals surface area (Å²) in [6, 6.07) is 9.89. The molecule has 0 atom stereocenters. The Kier molecular flexibility index (Phi) is 4.94. The van der Waals surface area contributed by atoms with Gasteiger partial charge in [0.25, 0.3) is 0 Å². The van der Waals surface area contributed by atoms with E-state index in [1.165, 1.54) is 6.42 Å². The molecule has 3 nitrogen and oxygen atoms in total. The van der Waals surface area contributed by atoms with Gasteiger partial charge in [0.05, 0.1) is 12.0 Å². The van der Waals surface area contributed by atoms with Crippen LogP contribution in [0.25, 0.3) is 0 Å². The third-order valence-electron chi connectivity index (χ3n) is 4.18. The quantitative estimate of drug-likeness (QED) is 0.610. The Labute approximate surface area is 120 Å². The third-order valence-corrected chi connectivity index (χ3v) is 4.18. The Hall–Kier alpha value is -1.64. The first kappa shape index (κ1) is 14.8. The molecule has 0 heterocycles. The molecular weight excluding hydrogens is 252 g/mol. The van der Waals surface area contributed by atoms with E-state index in [0.29, 0.717) is 6.61 Å². The normalized spacial score (nSPS) is 17.4. The van der Waals surface area contributed by atoms with E-state index < -0.39 is 11.4 Å². The van der Waals surface area contributed by atoms with Crippen molar-refractivity contribution < 1.29 is 14.3 Å². The van der Waals surface area contributed by atoms with Crippen molar-refractivity contribution in [2.45, 2.75) is 50.9 Å². The number of esters is 1. The van der Waals surface area contributed by atoms with E-state index in [0.717, 1.165) is 31.2 Å². The molecule has 0 N–H and O–H groups in total. The summed E-state index contributed by atoms with van der Waals surface area (Å²) in [6.45, 7) is 2.08. The molecule has 0 aliphatic heterocycles. The fraction of sp³-hybridized carbons (Fsp3) is 0.529. The molecule has 1 aliphatic rings. The van der Waals surface area contributed by atoms with Gasteiger partial charge in [0.1, 0.15) is 6.42 Å². The second-order valence-electron chi connectivity index (χ2n) is 5.41. The van der Waals surface area contributed by atoms with Crippen LogP contribution in [0.1, 0.15) is 51.0 Å². The van der Waals surface area contributed by atoms with Crippen molar-refractivity contribution in [1.29, 1.82) is 0 Å². The molecule has 3 heteroatoms. The number of hydrogen-bond acceptors (Lipinski definition) is 3. The summed E-state index contributed by atoms with van der Waals surface area (Å²) in [4.78, 5) is 24.3. The van der Waals surface area contributed by atoms with Gasteiger partial charge in [0, 0.05) is 0 Å². The molecule has 0 aromatic heterocycles. The highest BCUT2D eigenvalue weighted by Crippen LogP contribution is 2.41. The van der Waals surface area contributed by atoms with Crippen molar-refractivity contribution in [3.05, 3.63) is 35.9 Å². The zero-order valence-corrected chi connectivity index (χ0v) is 12.1. The lowest BCUT2D eigenvalue weighted by Gasteiger charge is -2.36. The molecule has 20 heavy (non-hydrogen) atoms. The number of ether oxygens (including phenoxy) is 1. The fourth-order valence-corrected chi connectivity index (χ4v) is 3.15. The Morgan fingerprint density at radius 3 is 2.35 bits per heavy atom. The Balaban J connectivity index is 2.23. The molecule has 108 valence electrons. The van der Waals surface area contributed by atoms with Gasteiger partial charge in [-0.2, -0.15) is 0 Å². The Bertz CT molecular complexity index is 458. The number of benzene rings is 1. The molecule has 0 radical (unpaired) electrons. The summed E-state index contributed by atoms with van der Waals surface area (Å²) in [5.41, 5.74) is 0.570. The van der Waals surface area contributed by atoms with Gasteiger partial charge in [-0.1, -0.05) is 49.6 Å². The van der Waals surface area contributed by atoms with Crippen molar-refractivity contribution in [2.24, 2.45) is 0 Å². The van der Waals surface area contributed by atoms with Crippen LogP contribution in [0.4, 0.5) is 0 Å². The van der Waals surface area contributed by atoms with Crippen LogP contribution < -0.4 is 0 Å². The van der Waals surface area contributed by atoms with Crippen LogP contribution in [0, 0.1) is 0 Å². The number of Topliss-reactive ketones (excluding diaryl/α,β-unsaturated/α-hetero) is 1. The predicted molar refractivity (Wildman–Crippen MR) is 77.5 cm³/mol. The lowest BCUT2D eigenvalue weighted by atomic mass is 9.66. The first-order valence-corrected chi connectivity index (χ1v) is 7.43. The van der Waals surface area contributed by atoms with Gasteiger partial charge in [-0.15, -0.1) is 0 Å². The smallest absolute Gasteiger partial charge is 0.313 e. The van der Waals surface area contributed by atoms with Gasteiger partial charge in [0.2, 0.25) is 0 Å². The molecule has 0 amide bonds. The number of rotatable bonds is 5. The first-order chi connectivity index (χ1) is 9.69. The molecule has 1 aromatic carbocycles. The Morgan fingerprint density at radius 1 is 1.10 bits per heavy atom. The molecule has 0 saturated heterocycles. The maximum absolute atomic E-state index is 12.7. The monoisotopic (exact) mass is 274 g/mol. The average molecular weight is 274 g/mol. The summed E-state index contributed by atoms with van der Waals surface area (Å²) < 4.78 is 4.92. The minimum atomic E-state index is -0.480. The van der Waals surface area contributed by atoms with E-state index in [9.17, 15) is 9.59 Å². The van der Waals surface area contributed by atoms with Crippen LogP contribution in [0.15, 0.2) is 30.3 Å². The molecule has 2 rings (SSSR count). The standard InChI is InChI=1S/C17H22O3/c1-2-20-16(19)13-15(18)17(11-7-4-8-12-17)14-9-5-3-6-10-14/h3,5-6,9-10H,2,4,7-8,11-13H2,1H3. The minimum Gasteiger partial charge on any atom is -0.466 e. The third kappa shape index (κ3) is 3.09. The van der Waals surface area contributed by atoms with E-state index in [4.69, 9.17) is 4.74 Å². The molecule has 0 unspecified atom stereocenters. The van der Waals surface area contributed by atoms with E-state index in [1.807, 2.05) is 30.3 Å². The summed E-state index contributed by atoms with van der Waals surface area (Å²) in [7, 11) is 0. The minimum absolute atomic E-state index is 0.0156. The highest BCUT2D eigenvalue weighted by atomic mass is 16.5. The second kappa shape index (κ2) is 6.69. The molecule has 1 aromatic rings. The Morgan fingerprint density at radius 2 is 1.75 bits per heavy atom. The maximum Gasteiger partial charge on any atom is 0.313 e. The van der Waals surface area contributed by atoms with Crippen molar-refractivity contribution in [1.82, 2.24) is 0 Å². The predicted octanol–water partition coefficient (Wildman–Crippen LogP) is 3.41. The maximum atomic E-state index is 12.7. The molecule has 0 bridgehead atoms. The lowest BCUT2D eigenvalue weighted by Crippen LogP contribution is -2.39. The van der Waals surface area contributed by atoms with Gasteiger partial charge in [-0.3, -0.25) is 9.59 Å². The van der Waals surface area contributed by atoms with Crippen molar-refractivity contribution in [3.63, 3.8) is 0 Å². The van der Waals surface area contributed by atoms with Gasteiger partial charge >= 0.3 is 5.97 Å². The number of carbonyl (C=O) groups is 2. The van der Waals surface area contributed by atoms with Crippen LogP contribution in [0.5, 0.6) is 0 Å². The van der Waals surface area contributed by atoms with Crippen LogP contribution in [0.2, 0.25) is 0 Å². The van der Waals surface area contributed by atoms with Gasteiger partial charge in [0.15, 0.2) is 5.78 Å². The van der Waals surface area contributed by atoms with Crippen LogP contribution in [-0.2, 0) is 19.7 Å². The SMILES string of the molecule is CCOC(=O)CC(=O)C1(c2ccccc2)CCCCC1. The zero-order valence-electron chi connectivity index (χ0n) is 12.1. The molecule has 1 fully saturated rings. The number of carbonyl (C=O) groups excluding carboxylic acids is 2. The molecule has 0 spiro atoms.